The Morgan fingerprint density at radius 2 is 1.87 bits per heavy atom. The molecule has 5 nitrogen and oxygen atoms in total. The number of carbonyl (C=O) groups is 1. The quantitative estimate of drug-likeness (QED) is 0.300. The zero-order valence-corrected chi connectivity index (χ0v) is 19.5. The number of methoxy groups -OCH3 is 1. The molecule has 152 valence electrons. The van der Waals surface area contributed by atoms with E-state index in [1.54, 1.807) is 31.4 Å². The summed E-state index contributed by atoms with van der Waals surface area (Å²) in [4.78, 5) is 17.4. The van der Waals surface area contributed by atoms with E-state index in [1.807, 2.05) is 38.1 Å². The van der Waals surface area contributed by atoms with Crippen molar-refractivity contribution in [1.29, 1.82) is 0 Å². The standard InChI is InChI=1S/C23H18ClIN2O3/c1-12-8-18-21(9-13(12)2)30-23(27-18)14-4-7-20(29-3)19(10-14)26-22(28)16-11-15(25)5-6-17(16)24/h4-11H,1-3H3,(H,26,28). The van der Waals surface area contributed by atoms with Crippen LogP contribution in [-0.2, 0) is 0 Å². The van der Waals surface area contributed by atoms with Crippen LogP contribution in [0.1, 0.15) is 21.5 Å². The predicted molar refractivity (Wildman–Crippen MR) is 128 cm³/mol. The van der Waals surface area contributed by atoms with Crippen LogP contribution in [-0.4, -0.2) is 18.0 Å². The Morgan fingerprint density at radius 3 is 2.63 bits per heavy atom. The van der Waals surface area contributed by atoms with Gasteiger partial charge in [-0.25, -0.2) is 4.98 Å². The number of aromatic nitrogens is 1. The number of halogens is 2. The lowest BCUT2D eigenvalue weighted by Gasteiger charge is -2.12. The third-order valence-corrected chi connectivity index (χ3v) is 5.87. The fourth-order valence-electron chi connectivity index (χ4n) is 3.10. The van der Waals surface area contributed by atoms with E-state index in [2.05, 4.69) is 32.9 Å². The van der Waals surface area contributed by atoms with Gasteiger partial charge in [0.25, 0.3) is 5.91 Å². The van der Waals surface area contributed by atoms with Gasteiger partial charge in [-0.15, -0.1) is 0 Å². The van der Waals surface area contributed by atoms with Crippen LogP contribution in [0, 0.1) is 17.4 Å². The first-order valence-electron chi connectivity index (χ1n) is 9.18. The Labute approximate surface area is 192 Å². The van der Waals surface area contributed by atoms with E-state index < -0.39 is 0 Å². The van der Waals surface area contributed by atoms with E-state index in [-0.39, 0.29) is 5.91 Å². The fourth-order valence-corrected chi connectivity index (χ4v) is 3.80. The second-order valence-corrected chi connectivity index (χ2v) is 8.57. The number of aryl methyl sites for hydroxylation is 2. The van der Waals surface area contributed by atoms with Crippen molar-refractivity contribution in [1.82, 2.24) is 4.98 Å². The van der Waals surface area contributed by atoms with Crippen molar-refractivity contribution in [2.45, 2.75) is 13.8 Å². The van der Waals surface area contributed by atoms with Crippen LogP contribution in [0.3, 0.4) is 0 Å². The summed E-state index contributed by atoms with van der Waals surface area (Å²) in [5.74, 6) is 0.676. The van der Waals surface area contributed by atoms with Crippen molar-refractivity contribution in [2.24, 2.45) is 0 Å². The molecule has 3 aromatic carbocycles. The molecule has 0 unspecified atom stereocenters. The largest absolute Gasteiger partial charge is 0.495 e. The number of fused-ring (bicyclic) bond motifs is 1. The van der Waals surface area contributed by atoms with Crippen molar-refractivity contribution in [3.63, 3.8) is 0 Å². The minimum atomic E-state index is -0.321. The molecule has 1 heterocycles. The van der Waals surface area contributed by atoms with Gasteiger partial charge in [-0.3, -0.25) is 4.79 Å². The Kier molecular flexibility index (Phi) is 5.71. The van der Waals surface area contributed by atoms with Crippen LogP contribution in [0.5, 0.6) is 5.75 Å². The van der Waals surface area contributed by atoms with Crippen LogP contribution in [0.15, 0.2) is 52.9 Å². The van der Waals surface area contributed by atoms with Gasteiger partial charge in [-0.1, -0.05) is 11.6 Å². The molecule has 30 heavy (non-hydrogen) atoms. The molecule has 0 aliphatic carbocycles. The lowest BCUT2D eigenvalue weighted by molar-refractivity contribution is 0.102. The van der Waals surface area contributed by atoms with Gasteiger partial charge in [0, 0.05) is 9.13 Å². The van der Waals surface area contributed by atoms with Gasteiger partial charge in [0.05, 0.1) is 23.4 Å². The number of ether oxygens (including phenoxy) is 1. The molecule has 0 radical (unpaired) electrons. The normalized spacial score (nSPS) is 11.0. The summed E-state index contributed by atoms with van der Waals surface area (Å²) in [6, 6.07) is 14.7. The Bertz CT molecular complexity index is 1240. The summed E-state index contributed by atoms with van der Waals surface area (Å²) in [5, 5.41) is 3.27. The SMILES string of the molecule is COc1ccc(-c2nc3cc(C)c(C)cc3o2)cc1NC(=O)c1cc(I)ccc1Cl. The van der Waals surface area contributed by atoms with E-state index in [9.17, 15) is 4.79 Å². The van der Waals surface area contributed by atoms with Crippen LogP contribution >= 0.6 is 34.2 Å². The molecule has 0 saturated carbocycles. The minimum absolute atomic E-state index is 0.321. The number of nitrogens with one attached hydrogen (secondary N) is 1. The summed E-state index contributed by atoms with van der Waals surface area (Å²) in [7, 11) is 1.55. The average molecular weight is 533 g/mol. The van der Waals surface area contributed by atoms with Gasteiger partial charge in [0.2, 0.25) is 5.89 Å². The van der Waals surface area contributed by atoms with Gasteiger partial charge in [-0.2, -0.15) is 0 Å². The summed E-state index contributed by atoms with van der Waals surface area (Å²) in [6.07, 6.45) is 0. The van der Waals surface area contributed by atoms with E-state index in [1.165, 1.54) is 0 Å². The highest BCUT2D eigenvalue weighted by Crippen LogP contribution is 2.33. The molecule has 4 rings (SSSR count). The summed E-state index contributed by atoms with van der Waals surface area (Å²) >= 11 is 8.35. The molecule has 0 bridgehead atoms. The van der Waals surface area contributed by atoms with Crippen molar-refractivity contribution in [2.75, 3.05) is 12.4 Å². The zero-order valence-electron chi connectivity index (χ0n) is 16.5. The molecule has 1 N–H and O–H groups in total. The highest BCUT2D eigenvalue weighted by atomic mass is 127. The van der Waals surface area contributed by atoms with Gasteiger partial charge in [0.1, 0.15) is 11.3 Å². The molecule has 4 aromatic rings. The van der Waals surface area contributed by atoms with E-state index in [0.717, 1.165) is 31.4 Å². The number of anilines is 1. The molecular weight excluding hydrogens is 515 g/mol. The maximum atomic E-state index is 12.8. The van der Waals surface area contributed by atoms with Gasteiger partial charge < -0.3 is 14.5 Å². The molecule has 0 saturated heterocycles. The summed E-state index contributed by atoms with van der Waals surface area (Å²) in [5.41, 5.74) is 5.43. The zero-order chi connectivity index (χ0) is 21.4. The Morgan fingerprint density at radius 1 is 1.10 bits per heavy atom. The number of carbonyl (C=O) groups excluding carboxylic acids is 1. The maximum Gasteiger partial charge on any atom is 0.257 e. The third-order valence-electron chi connectivity index (χ3n) is 4.87. The molecule has 0 atom stereocenters. The summed E-state index contributed by atoms with van der Waals surface area (Å²) < 4.78 is 12.3. The molecular formula is C23H18ClIN2O3. The summed E-state index contributed by atoms with van der Waals surface area (Å²) in [6.45, 7) is 4.08. The molecule has 0 fully saturated rings. The molecule has 0 spiro atoms. The topological polar surface area (TPSA) is 64.4 Å². The monoisotopic (exact) mass is 532 g/mol. The van der Waals surface area contributed by atoms with Crippen molar-refractivity contribution < 1.29 is 13.9 Å². The van der Waals surface area contributed by atoms with Crippen molar-refractivity contribution >= 4 is 56.9 Å². The fraction of sp³-hybridized carbons (Fsp3) is 0.130. The van der Waals surface area contributed by atoms with Gasteiger partial charge in [0.15, 0.2) is 5.58 Å². The van der Waals surface area contributed by atoms with Gasteiger partial charge >= 0.3 is 0 Å². The number of oxazole rings is 1. The first-order valence-corrected chi connectivity index (χ1v) is 10.6. The van der Waals surface area contributed by atoms with Crippen LogP contribution in [0.4, 0.5) is 5.69 Å². The first-order chi connectivity index (χ1) is 14.4. The average Bonchev–Trinajstić information content (AvgIpc) is 3.12. The first kappa shape index (κ1) is 20.7. The lowest BCUT2D eigenvalue weighted by Crippen LogP contribution is -2.13. The number of benzene rings is 3. The highest BCUT2D eigenvalue weighted by Gasteiger charge is 2.16. The smallest absolute Gasteiger partial charge is 0.257 e. The third kappa shape index (κ3) is 4.02. The molecule has 0 aliphatic heterocycles. The lowest BCUT2D eigenvalue weighted by atomic mass is 10.1. The Hall–Kier alpha value is -2.58. The number of hydrogen-bond acceptors (Lipinski definition) is 4. The molecule has 1 aromatic heterocycles. The second-order valence-electron chi connectivity index (χ2n) is 6.92. The van der Waals surface area contributed by atoms with Crippen LogP contribution in [0.25, 0.3) is 22.6 Å². The predicted octanol–water partition coefficient (Wildman–Crippen LogP) is 6.63. The number of nitrogens with zero attached hydrogens (tertiary/aromatic N) is 1. The minimum Gasteiger partial charge on any atom is -0.495 e. The van der Waals surface area contributed by atoms with Crippen molar-refractivity contribution in [3.05, 3.63) is 73.8 Å². The number of rotatable bonds is 4. The highest BCUT2D eigenvalue weighted by molar-refractivity contribution is 14.1. The molecule has 0 aliphatic rings. The van der Waals surface area contributed by atoms with E-state index >= 15 is 0 Å². The van der Waals surface area contributed by atoms with E-state index in [0.29, 0.717) is 27.9 Å². The molecule has 7 heteroatoms. The van der Waals surface area contributed by atoms with Crippen molar-refractivity contribution in [3.8, 4) is 17.2 Å². The molecule has 1 amide bonds. The number of hydrogen-bond donors (Lipinski definition) is 1. The van der Waals surface area contributed by atoms with Gasteiger partial charge in [-0.05, 0) is 96.1 Å². The van der Waals surface area contributed by atoms with Crippen LogP contribution < -0.4 is 10.1 Å². The van der Waals surface area contributed by atoms with E-state index in [4.69, 9.17) is 20.8 Å². The van der Waals surface area contributed by atoms with Crippen LogP contribution in [0.2, 0.25) is 5.02 Å². The second kappa shape index (κ2) is 8.28. The Balaban J connectivity index is 1.72. The number of amides is 1. The maximum absolute atomic E-state index is 12.8.